The second kappa shape index (κ2) is 5.19. The molecule has 0 bridgehead atoms. The third-order valence-electron chi connectivity index (χ3n) is 3.32. The van der Waals surface area contributed by atoms with Crippen molar-refractivity contribution in [1.82, 2.24) is 0 Å². The number of rotatable bonds is 3. The van der Waals surface area contributed by atoms with Gasteiger partial charge in [-0.05, 0) is 37.0 Å². The Morgan fingerprint density at radius 3 is 2.75 bits per heavy atom. The van der Waals surface area contributed by atoms with Crippen LogP contribution in [0.5, 0.6) is 0 Å². The average molecular weight is 222 g/mol. The first-order chi connectivity index (χ1) is 7.75. The van der Waals surface area contributed by atoms with Gasteiger partial charge in [-0.15, -0.1) is 0 Å². The van der Waals surface area contributed by atoms with Gasteiger partial charge >= 0.3 is 0 Å². The monoisotopic (exact) mass is 222 g/mol. The predicted molar refractivity (Wildman–Crippen MR) is 65.9 cm³/mol. The van der Waals surface area contributed by atoms with Gasteiger partial charge in [-0.2, -0.15) is 0 Å². The van der Waals surface area contributed by atoms with Crippen molar-refractivity contribution in [3.63, 3.8) is 0 Å². The van der Waals surface area contributed by atoms with E-state index in [0.29, 0.717) is 5.69 Å². The summed E-state index contributed by atoms with van der Waals surface area (Å²) in [6.07, 6.45) is 6.57. The maximum atomic E-state index is 13.0. The SMILES string of the molecule is Nc1ccc(F)cc1NCC1CCCCC1. The van der Waals surface area contributed by atoms with Crippen LogP contribution in [0.4, 0.5) is 15.8 Å². The van der Waals surface area contributed by atoms with Crippen LogP contribution in [0, 0.1) is 11.7 Å². The van der Waals surface area contributed by atoms with Crippen LogP contribution in [-0.4, -0.2) is 6.54 Å². The van der Waals surface area contributed by atoms with Crippen molar-refractivity contribution in [3.05, 3.63) is 24.0 Å². The molecule has 1 aliphatic rings. The zero-order chi connectivity index (χ0) is 11.4. The fourth-order valence-corrected chi connectivity index (χ4v) is 2.33. The van der Waals surface area contributed by atoms with Crippen molar-refractivity contribution < 1.29 is 4.39 Å². The van der Waals surface area contributed by atoms with E-state index in [9.17, 15) is 4.39 Å². The van der Waals surface area contributed by atoms with Gasteiger partial charge in [0.25, 0.3) is 0 Å². The number of hydrogen-bond donors (Lipinski definition) is 2. The minimum absolute atomic E-state index is 0.236. The van der Waals surface area contributed by atoms with Gasteiger partial charge in [0, 0.05) is 6.54 Å². The predicted octanol–water partition coefficient (Wildman–Crippen LogP) is 3.40. The highest BCUT2D eigenvalue weighted by Crippen LogP contribution is 2.25. The summed E-state index contributed by atoms with van der Waals surface area (Å²) in [6, 6.07) is 4.47. The number of halogens is 1. The molecule has 0 radical (unpaired) electrons. The zero-order valence-corrected chi connectivity index (χ0v) is 9.51. The minimum Gasteiger partial charge on any atom is -0.397 e. The van der Waals surface area contributed by atoms with Gasteiger partial charge in [-0.25, -0.2) is 4.39 Å². The molecule has 16 heavy (non-hydrogen) atoms. The summed E-state index contributed by atoms with van der Waals surface area (Å²) >= 11 is 0. The van der Waals surface area contributed by atoms with E-state index in [1.54, 1.807) is 6.07 Å². The number of nitrogen functional groups attached to an aromatic ring is 1. The molecule has 0 aromatic heterocycles. The maximum absolute atomic E-state index is 13.0. The number of anilines is 2. The van der Waals surface area contributed by atoms with Gasteiger partial charge in [0.05, 0.1) is 11.4 Å². The molecule has 1 fully saturated rings. The molecular weight excluding hydrogens is 203 g/mol. The molecule has 1 saturated carbocycles. The molecule has 2 nitrogen and oxygen atoms in total. The Morgan fingerprint density at radius 2 is 2.00 bits per heavy atom. The lowest BCUT2D eigenvalue weighted by molar-refractivity contribution is 0.373. The minimum atomic E-state index is -0.236. The molecule has 0 saturated heterocycles. The van der Waals surface area contributed by atoms with Crippen LogP contribution in [0.25, 0.3) is 0 Å². The molecule has 3 heteroatoms. The molecule has 0 atom stereocenters. The van der Waals surface area contributed by atoms with Crippen molar-refractivity contribution in [2.45, 2.75) is 32.1 Å². The summed E-state index contributed by atoms with van der Waals surface area (Å²) in [5, 5.41) is 3.26. The molecule has 2 rings (SSSR count). The van der Waals surface area contributed by atoms with Crippen molar-refractivity contribution >= 4 is 11.4 Å². The van der Waals surface area contributed by atoms with Gasteiger partial charge in [-0.3, -0.25) is 0 Å². The van der Waals surface area contributed by atoms with E-state index in [4.69, 9.17) is 5.73 Å². The fourth-order valence-electron chi connectivity index (χ4n) is 2.33. The summed E-state index contributed by atoms with van der Waals surface area (Å²) in [4.78, 5) is 0. The summed E-state index contributed by atoms with van der Waals surface area (Å²) in [6.45, 7) is 0.910. The highest BCUT2D eigenvalue weighted by atomic mass is 19.1. The Labute approximate surface area is 96.0 Å². The highest BCUT2D eigenvalue weighted by Gasteiger charge is 2.13. The number of nitrogens with two attached hydrogens (primary N) is 1. The first-order valence-corrected chi connectivity index (χ1v) is 6.04. The Bertz CT molecular complexity index is 346. The normalized spacial score (nSPS) is 17.3. The average Bonchev–Trinajstić information content (AvgIpc) is 2.32. The summed E-state index contributed by atoms with van der Waals surface area (Å²) in [5.74, 6) is 0.483. The third kappa shape index (κ3) is 2.87. The van der Waals surface area contributed by atoms with E-state index >= 15 is 0 Å². The molecule has 3 N–H and O–H groups in total. The molecule has 1 aliphatic carbocycles. The third-order valence-corrected chi connectivity index (χ3v) is 3.32. The van der Waals surface area contributed by atoms with Crippen LogP contribution < -0.4 is 11.1 Å². The lowest BCUT2D eigenvalue weighted by Crippen LogP contribution is -2.17. The number of benzene rings is 1. The van der Waals surface area contributed by atoms with E-state index in [-0.39, 0.29) is 5.82 Å². The van der Waals surface area contributed by atoms with Crippen LogP contribution >= 0.6 is 0 Å². The fraction of sp³-hybridized carbons (Fsp3) is 0.538. The zero-order valence-electron chi connectivity index (χ0n) is 9.51. The van der Waals surface area contributed by atoms with E-state index in [1.807, 2.05) is 0 Å². The van der Waals surface area contributed by atoms with Gasteiger partial charge in [0.15, 0.2) is 0 Å². The Kier molecular flexibility index (Phi) is 3.65. The number of hydrogen-bond acceptors (Lipinski definition) is 2. The molecule has 1 aromatic rings. The Morgan fingerprint density at radius 1 is 1.25 bits per heavy atom. The molecule has 0 aliphatic heterocycles. The molecular formula is C13H19FN2. The van der Waals surface area contributed by atoms with Crippen LogP contribution in [0.1, 0.15) is 32.1 Å². The molecule has 88 valence electrons. The second-order valence-electron chi connectivity index (χ2n) is 4.62. The Balaban J connectivity index is 1.90. The first-order valence-electron chi connectivity index (χ1n) is 6.04. The second-order valence-corrected chi connectivity index (χ2v) is 4.62. The molecule has 0 spiro atoms. The topological polar surface area (TPSA) is 38.0 Å². The highest BCUT2D eigenvalue weighted by molar-refractivity contribution is 5.65. The van der Waals surface area contributed by atoms with Crippen molar-refractivity contribution in [2.75, 3.05) is 17.6 Å². The van der Waals surface area contributed by atoms with Crippen LogP contribution in [0.3, 0.4) is 0 Å². The van der Waals surface area contributed by atoms with Crippen molar-refractivity contribution in [1.29, 1.82) is 0 Å². The van der Waals surface area contributed by atoms with E-state index in [1.165, 1.54) is 44.2 Å². The largest absolute Gasteiger partial charge is 0.397 e. The lowest BCUT2D eigenvalue weighted by atomic mass is 9.89. The van der Waals surface area contributed by atoms with Crippen LogP contribution in [0.15, 0.2) is 18.2 Å². The molecule has 0 amide bonds. The smallest absolute Gasteiger partial charge is 0.125 e. The summed E-state index contributed by atoms with van der Waals surface area (Å²) in [7, 11) is 0. The Hall–Kier alpha value is -1.25. The standard InChI is InChI=1S/C13H19FN2/c14-11-6-7-12(15)13(8-11)16-9-10-4-2-1-3-5-10/h6-8,10,16H,1-5,9,15H2. The van der Waals surface area contributed by atoms with E-state index < -0.39 is 0 Å². The van der Waals surface area contributed by atoms with Crippen molar-refractivity contribution in [2.24, 2.45) is 5.92 Å². The first kappa shape index (κ1) is 11.2. The maximum Gasteiger partial charge on any atom is 0.125 e. The van der Waals surface area contributed by atoms with Gasteiger partial charge in [0.1, 0.15) is 5.82 Å². The van der Waals surface area contributed by atoms with Crippen molar-refractivity contribution in [3.8, 4) is 0 Å². The number of nitrogens with one attached hydrogen (secondary N) is 1. The quantitative estimate of drug-likeness (QED) is 0.769. The molecule has 0 unspecified atom stereocenters. The van der Waals surface area contributed by atoms with Gasteiger partial charge < -0.3 is 11.1 Å². The lowest BCUT2D eigenvalue weighted by Gasteiger charge is -2.22. The summed E-state index contributed by atoms with van der Waals surface area (Å²) < 4.78 is 13.0. The van der Waals surface area contributed by atoms with Gasteiger partial charge in [-0.1, -0.05) is 19.3 Å². The van der Waals surface area contributed by atoms with E-state index in [2.05, 4.69) is 5.32 Å². The van der Waals surface area contributed by atoms with Gasteiger partial charge in [0.2, 0.25) is 0 Å². The summed E-state index contributed by atoms with van der Waals surface area (Å²) in [5.41, 5.74) is 7.13. The van der Waals surface area contributed by atoms with Crippen LogP contribution in [-0.2, 0) is 0 Å². The van der Waals surface area contributed by atoms with Crippen LogP contribution in [0.2, 0.25) is 0 Å². The molecule has 0 heterocycles. The molecule has 1 aromatic carbocycles. The van der Waals surface area contributed by atoms with E-state index in [0.717, 1.165) is 18.2 Å².